The van der Waals surface area contributed by atoms with Crippen molar-refractivity contribution in [2.45, 2.75) is 25.9 Å². The van der Waals surface area contributed by atoms with E-state index in [4.69, 9.17) is 16.3 Å². The second-order valence-electron chi connectivity index (χ2n) is 4.02. The molecule has 1 fully saturated rings. The van der Waals surface area contributed by atoms with Crippen molar-refractivity contribution in [3.05, 3.63) is 28.8 Å². The van der Waals surface area contributed by atoms with Gasteiger partial charge in [0.05, 0.1) is 5.02 Å². The molecule has 82 valence electrons. The number of hydrogen-bond donors (Lipinski definition) is 1. The Bertz CT molecular complexity index is 334. The minimum absolute atomic E-state index is 0.263. The highest BCUT2D eigenvalue weighted by molar-refractivity contribution is 6.32. The zero-order valence-electron chi connectivity index (χ0n) is 8.92. The molecule has 0 radical (unpaired) electrons. The molecule has 2 nitrogen and oxygen atoms in total. The summed E-state index contributed by atoms with van der Waals surface area (Å²) in [4.78, 5) is 0. The first-order valence-corrected chi connectivity index (χ1v) is 5.77. The number of nitrogens with one attached hydrogen (secondary N) is 1. The molecule has 3 heteroatoms. The van der Waals surface area contributed by atoms with Crippen LogP contribution in [0.4, 0.5) is 0 Å². The van der Waals surface area contributed by atoms with Gasteiger partial charge in [-0.25, -0.2) is 0 Å². The molecular formula is C12H16ClNO. The van der Waals surface area contributed by atoms with E-state index in [9.17, 15) is 0 Å². The van der Waals surface area contributed by atoms with Gasteiger partial charge >= 0.3 is 0 Å². The molecule has 1 aromatic carbocycles. The lowest BCUT2D eigenvalue weighted by Gasteiger charge is -2.24. The Hall–Kier alpha value is -0.730. The fourth-order valence-electron chi connectivity index (χ4n) is 1.80. The van der Waals surface area contributed by atoms with Gasteiger partial charge in [0.1, 0.15) is 11.9 Å². The maximum absolute atomic E-state index is 6.10. The zero-order valence-corrected chi connectivity index (χ0v) is 9.68. The molecule has 0 spiro atoms. The molecule has 2 rings (SSSR count). The number of piperidine rings is 1. The van der Waals surface area contributed by atoms with Gasteiger partial charge in [-0.3, -0.25) is 0 Å². The van der Waals surface area contributed by atoms with E-state index in [-0.39, 0.29) is 6.10 Å². The Kier molecular flexibility index (Phi) is 3.49. The van der Waals surface area contributed by atoms with Crippen LogP contribution in [0.5, 0.6) is 5.75 Å². The van der Waals surface area contributed by atoms with Crippen molar-refractivity contribution in [2.24, 2.45) is 0 Å². The van der Waals surface area contributed by atoms with Gasteiger partial charge in [0.15, 0.2) is 0 Å². The third-order valence-corrected chi connectivity index (χ3v) is 2.93. The molecular weight excluding hydrogens is 210 g/mol. The average molecular weight is 226 g/mol. The lowest BCUT2D eigenvalue weighted by molar-refractivity contribution is 0.167. The van der Waals surface area contributed by atoms with Crippen molar-refractivity contribution >= 4 is 11.6 Å². The molecule has 1 saturated heterocycles. The molecule has 15 heavy (non-hydrogen) atoms. The third kappa shape index (κ3) is 2.86. The molecule has 1 aliphatic heterocycles. The molecule has 0 aromatic heterocycles. The van der Waals surface area contributed by atoms with E-state index < -0.39 is 0 Å². The Labute approximate surface area is 95.6 Å². The molecule has 0 amide bonds. The first-order valence-electron chi connectivity index (χ1n) is 5.39. The molecule has 1 aliphatic rings. The Balaban J connectivity index is 2.03. The quantitative estimate of drug-likeness (QED) is 0.836. The lowest BCUT2D eigenvalue weighted by atomic mass is 10.1. The van der Waals surface area contributed by atoms with Crippen LogP contribution in [0.3, 0.4) is 0 Å². The van der Waals surface area contributed by atoms with Gasteiger partial charge in [0, 0.05) is 6.54 Å². The largest absolute Gasteiger partial charge is 0.488 e. The molecule has 0 saturated carbocycles. The van der Waals surface area contributed by atoms with E-state index in [1.54, 1.807) is 0 Å². The molecule has 0 unspecified atom stereocenters. The lowest BCUT2D eigenvalue weighted by Crippen LogP contribution is -2.37. The highest BCUT2D eigenvalue weighted by atomic mass is 35.5. The van der Waals surface area contributed by atoms with Crippen molar-refractivity contribution in [3.63, 3.8) is 0 Å². The standard InChI is InChI=1S/C12H16ClNO/c1-9-4-5-12(11(13)7-9)15-10-3-2-6-14-8-10/h4-5,7,10,14H,2-3,6,8H2,1H3/t10-/m0/s1. The van der Waals surface area contributed by atoms with Crippen LogP contribution in [0.15, 0.2) is 18.2 Å². The van der Waals surface area contributed by atoms with Crippen molar-refractivity contribution in [1.29, 1.82) is 0 Å². The van der Waals surface area contributed by atoms with Crippen molar-refractivity contribution in [2.75, 3.05) is 13.1 Å². The SMILES string of the molecule is Cc1ccc(O[C@H]2CCCNC2)c(Cl)c1. The number of rotatable bonds is 2. The predicted octanol–water partition coefficient (Wildman–Crippen LogP) is 2.78. The summed E-state index contributed by atoms with van der Waals surface area (Å²) in [5, 5.41) is 4.03. The van der Waals surface area contributed by atoms with Crippen LogP contribution in [0.25, 0.3) is 0 Å². The van der Waals surface area contributed by atoms with E-state index >= 15 is 0 Å². The van der Waals surface area contributed by atoms with Crippen molar-refractivity contribution < 1.29 is 4.74 Å². The van der Waals surface area contributed by atoms with E-state index in [0.29, 0.717) is 5.02 Å². The molecule has 1 N–H and O–H groups in total. The smallest absolute Gasteiger partial charge is 0.138 e. The summed E-state index contributed by atoms with van der Waals surface area (Å²) in [6.45, 7) is 4.05. The van der Waals surface area contributed by atoms with Crippen molar-refractivity contribution in [3.8, 4) is 5.75 Å². The van der Waals surface area contributed by atoms with Crippen LogP contribution in [-0.4, -0.2) is 19.2 Å². The number of hydrogen-bond acceptors (Lipinski definition) is 2. The van der Waals surface area contributed by atoms with E-state index in [1.165, 1.54) is 6.42 Å². The number of benzene rings is 1. The first kappa shape index (κ1) is 10.8. The fourth-order valence-corrected chi connectivity index (χ4v) is 2.08. The van der Waals surface area contributed by atoms with E-state index in [0.717, 1.165) is 30.8 Å². The first-order chi connectivity index (χ1) is 7.25. The van der Waals surface area contributed by atoms with Crippen LogP contribution in [0.2, 0.25) is 5.02 Å². The summed E-state index contributed by atoms with van der Waals surface area (Å²) < 4.78 is 5.85. The van der Waals surface area contributed by atoms with Gasteiger partial charge in [-0.15, -0.1) is 0 Å². The minimum atomic E-state index is 0.263. The van der Waals surface area contributed by atoms with Gasteiger partial charge in [-0.2, -0.15) is 0 Å². The Morgan fingerprint density at radius 2 is 2.33 bits per heavy atom. The van der Waals surface area contributed by atoms with E-state index in [2.05, 4.69) is 5.32 Å². The highest BCUT2D eigenvalue weighted by Gasteiger charge is 2.15. The predicted molar refractivity (Wildman–Crippen MR) is 62.7 cm³/mol. The van der Waals surface area contributed by atoms with Gasteiger partial charge in [0.2, 0.25) is 0 Å². The Morgan fingerprint density at radius 1 is 1.47 bits per heavy atom. The molecule has 1 heterocycles. The maximum atomic E-state index is 6.10. The van der Waals surface area contributed by atoms with Crippen LogP contribution < -0.4 is 10.1 Å². The molecule has 0 aliphatic carbocycles. The number of aryl methyl sites for hydroxylation is 1. The summed E-state index contributed by atoms with van der Waals surface area (Å²) in [5.74, 6) is 0.802. The molecule has 1 aromatic rings. The van der Waals surface area contributed by atoms with E-state index in [1.807, 2.05) is 25.1 Å². The van der Waals surface area contributed by atoms with Gasteiger partial charge in [0.25, 0.3) is 0 Å². The summed E-state index contributed by atoms with van der Waals surface area (Å²) in [6.07, 6.45) is 2.55. The van der Waals surface area contributed by atoms with Gasteiger partial charge in [-0.1, -0.05) is 17.7 Å². The number of ether oxygens (including phenoxy) is 1. The van der Waals surface area contributed by atoms with Crippen molar-refractivity contribution in [1.82, 2.24) is 5.32 Å². The average Bonchev–Trinajstić information content (AvgIpc) is 2.24. The summed E-state index contributed by atoms with van der Waals surface area (Å²) in [7, 11) is 0. The minimum Gasteiger partial charge on any atom is -0.488 e. The topological polar surface area (TPSA) is 21.3 Å². The summed E-state index contributed by atoms with van der Waals surface area (Å²) >= 11 is 6.10. The second kappa shape index (κ2) is 4.86. The zero-order chi connectivity index (χ0) is 10.7. The second-order valence-corrected chi connectivity index (χ2v) is 4.43. The van der Waals surface area contributed by atoms with Crippen LogP contribution in [-0.2, 0) is 0 Å². The Morgan fingerprint density at radius 3 is 3.00 bits per heavy atom. The van der Waals surface area contributed by atoms with Gasteiger partial charge < -0.3 is 10.1 Å². The van der Waals surface area contributed by atoms with Crippen LogP contribution in [0, 0.1) is 6.92 Å². The van der Waals surface area contributed by atoms with Crippen LogP contribution in [0.1, 0.15) is 18.4 Å². The summed E-state index contributed by atoms with van der Waals surface area (Å²) in [5.41, 5.74) is 1.16. The number of halogens is 1. The fraction of sp³-hybridized carbons (Fsp3) is 0.500. The van der Waals surface area contributed by atoms with Gasteiger partial charge in [-0.05, 0) is 44.0 Å². The normalized spacial score (nSPS) is 21.3. The summed E-state index contributed by atoms with van der Waals surface area (Å²) in [6, 6.07) is 5.91. The maximum Gasteiger partial charge on any atom is 0.138 e. The monoisotopic (exact) mass is 225 g/mol. The molecule has 1 atom stereocenters. The third-order valence-electron chi connectivity index (χ3n) is 2.63. The molecule has 0 bridgehead atoms. The highest BCUT2D eigenvalue weighted by Crippen LogP contribution is 2.27. The van der Waals surface area contributed by atoms with Crippen LogP contribution >= 0.6 is 11.6 Å².